The van der Waals surface area contributed by atoms with Gasteiger partial charge in [-0.3, -0.25) is 0 Å². The number of alkyl halides is 3. The van der Waals surface area contributed by atoms with Crippen LogP contribution in [0.1, 0.15) is 5.56 Å². The molecule has 3 aromatic rings. The summed E-state index contributed by atoms with van der Waals surface area (Å²) >= 11 is 0. The fraction of sp³-hybridized carbons (Fsp3) is 0.0588. The van der Waals surface area contributed by atoms with Crippen molar-refractivity contribution in [2.45, 2.75) is 6.18 Å². The quantitative estimate of drug-likeness (QED) is 0.688. The Morgan fingerprint density at radius 2 is 1.71 bits per heavy atom. The molecule has 0 radical (unpaired) electrons. The van der Waals surface area contributed by atoms with Crippen molar-refractivity contribution < 1.29 is 18.3 Å². The summed E-state index contributed by atoms with van der Waals surface area (Å²) < 4.78 is 38.5. The molecule has 4 nitrogen and oxygen atoms in total. The first-order valence-electron chi connectivity index (χ1n) is 6.98. The van der Waals surface area contributed by atoms with Gasteiger partial charge in [0.05, 0.1) is 11.3 Å². The molecule has 0 atom stereocenters. The Morgan fingerprint density at radius 3 is 2.42 bits per heavy atom. The predicted molar refractivity (Wildman–Crippen MR) is 83.9 cm³/mol. The van der Waals surface area contributed by atoms with Gasteiger partial charge in [0.2, 0.25) is 5.95 Å². The van der Waals surface area contributed by atoms with Gasteiger partial charge in [0, 0.05) is 17.4 Å². The monoisotopic (exact) mass is 331 g/mol. The predicted octanol–water partition coefficient (Wildman–Crippen LogP) is 4.61. The third-order valence-electron chi connectivity index (χ3n) is 3.26. The molecule has 0 aliphatic carbocycles. The van der Waals surface area contributed by atoms with Gasteiger partial charge >= 0.3 is 6.18 Å². The van der Waals surface area contributed by atoms with Gasteiger partial charge in [-0.25, -0.2) is 9.97 Å². The molecule has 122 valence electrons. The van der Waals surface area contributed by atoms with Crippen molar-refractivity contribution >= 4 is 11.6 Å². The summed E-state index contributed by atoms with van der Waals surface area (Å²) in [5.74, 6) is 0.370. The molecule has 2 N–H and O–H groups in total. The fourth-order valence-electron chi connectivity index (χ4n) is 2.11. The third-order valence-corrected chi connectivity index (χ3v) is 3.26. The molecule has 7 heteroatoms. The number of rotatable bonds is 3. The van der Waals surface area contributed by atoms with E-state index in [0.717, 1.165) is 12.1 Å². The van der Waals surface area contributed by atoms with Crippen LogP contribution in [0, 0.1) is 0 Å². The van der Waals surface area contributed by atoms with Crippen molar-refractivity contribution in [1.82, 2.24) is 9.97 Å². The lowest BCUT2D eigenvalue weighted by Crippen LogP contribution is -2.04. The molecule has 0 amide bonds. The van der Waals surface area contributed by atoms with E-state index in [2.05, 4.69) is 15.3 Å². The lowest BCUT2D eigenvalue weighted by molar-refractivity contribution is -0.137. The van der Waals surface area contributed by atoms with Crippen LogP contribution in [0.4, 0.5) is 24.8 Å². The minimum Gasteiger partial charge on any atom is -0.508 e. The first-order chi connectivity index (χ1) is 11.4. The smallest absolute Gasteiger partial charge is 0.416 e. The minimum absolute atomic E-state index is 0.124. The van der Waals surface area contributed by atoms with Crippen LogP contribution in [0.5, 0.6) is 5.75 Å². The molecule has 24 heavy (non-hydrogen) atoms. The number of aromatic hydroxyl groups is 1. The minimum atomic E-state index is -4.41. The second-order valence-corrected chi connectivity index (χ2v) is 5.02. The van der Waals surface area contributed by atoms with Gasteiger partial charge < -0.3 is 10.4 Å². The van der Waals surface area contributed by atoms with Gasteiger partial charge in [0.1, 0.15) is 5.75 Å². The molecule has 0 unspecified atom stereocenters. The summed E-state index contributed by atoms with van der Waals surface area (Å²) in [5.41, 5.74) is 0.638. The van der Waals surface area contributed by atoms with Crippen LogP contribution in [0.15, 0.2) is 60.8 Å². The van der Waals surface area contributed by atoms with E-state index in [1.165, 1.54) is 30.5 Å². The maximum absolute atomic E-state index is 12.8. The third kappa shape index (κ3) is 3.62. The van der Waals surface area contributed by atoms with Gasteiger partial charge in [0.25, 0.3) is 0 Å². The molecule has 0 spiro atoms. The molecule has 1 heterocycles. The van der Waals surface area contributed by atoms with Crippen molar-refractivity contribution in [3.8, 4) is 17.0 Å². The van der Waals surface area contributed by atoms with Crippen LogP contribution in [0.3, 0.4) is 0 Å². The number of phenols is 1. The first kappa shape index (κ1) is 15.8. The van der Waals surface area contributed by atoms with Crippen LogP contribution in [-0.4, -0.2) is 15.1 Å². The van der Waals surface area contributed by atoms with Crippen molar-refractivity contribution in [2.75, 3.05) is 5.32 Å². The molecule has 0 aliphatic rings. The summed E-state index contributed by atoms with van der Waals surface area (Å²) in [6.07, 6.45) is -2.94. The largest absolute Gasteiger partial charge is 0.508 e. The highest BCUT2D eigenvalue weighted by molar-refractivity contribution is 5.63. The molecule has 3 rings (SSSR count). The zero-order valence-corrected chi connectivity index (χ0v) is 12.2. The molecular formula is C17H12F3N3O. The Morgan fingerprint density at radius 1 is 0.958 bits per heavy atom. The summed E-state index contributed by atoms with van der Waals surface area (Å²) in [6, 6.07) is 12.8. The van der Waals surface area contributed by atoms with E-state index >= 15 is 0 Å². The maximum Gasteiger partial charge on any atom is 0.416 e. The Kier molecular flexibility index (Phi) is 4.07. The number of nitrogens with one attached hydrogen (secondary N) is 1. The first-order valence-corrected chi connectivity index (χ1v) is 6.98. The Bertz CT molecular complexity index is 848. The van der Waals surface area contributed by atoms with E-state index in [4.69, 9.17) is 0 Å². The van der Waals surface area contributed by atoms with Gasteiger partial charge in [-0.1, -0.05) is 12.1 Å². The summed E-state index contributed by atoms with van der Waals surface area (Å²) in [7, 11) is 0. The Hall–Kier alpha value is -3.09. The van der Waals surface area contributed by atoms with Crippen molar-refractivity contribution in [2.24, 2.45) is 0 Å². The number of halogens is 3. The van der Waals surface area contributed by atoms with E-state index in [-0.39, 0.29) is 11.7 Å². The fourth-order valence-corrected chi connectivity index (χ4v) is 2.11. The number of hydrogen-bond acceptors (Lipinski definition) is 4. The number of benzene rings is 2. The summed E-state index contributed by atoms with van der Waals surface area (Å²) in [4.78, 5) is 8.28. The van der Waals surface area contributed by atoms with Crippen LogP contribution >= 0.6 is 0 Å². The van der Waals surface area contributed by atoms with Crippen LogP contribution in [0.25, 0.3) is 11.3 Å². The number of hydrogen-bond donors (Lipinski definition) is 2. The van der Waals surface area contributed by atoms with E-state index in [1.807, 2.05) is 0 Å². The summed E-state index contributed by atoms with van der Waals surface area (Å²) in [6.45, 7) is 0. The number of nitrogens with zero attached hydrogens (tertiary/aromatic N) is 2. The Balaban J connectivity index is 1.89. The Labute approximate surface area is 135 Å². The molecule has 0 bridgehead atoms. The second-order valence-electron chi connectivity index (χ2n) is 5.02. The van der Waals surface area contributed by atoms with E-state index in [1.54, 1.807) is 18.2 Å². The zero-order chi connectivity index (χ0) is 17.2. The van der Waals surface area contributed by atoms with Gasteiger partial charge in [-0.15, -0.1) is 0 Å². The average Bonchev–Trinajstić information content (AvgIpc) is 2.57. The molecule has 0 aliphatic heterocycles. The van der Waals surface area contributed by atoms with Crippen LogP contribution in [-0.2, 0) is 6.18 Å². The van der Waals surface area contributed by atoms with Gasteiger partial charge in [0.15, 0.2) is 0 Å². The highest BCUT2D eigenvalue weighted by Gasteiger charge is 2.30. The number of aromatic nitrogens is 2. The van der Waals surface area contributed by atoms with Crippen molar-refractivity contribution in [3.05, 3.63) is 66.4 Å². The van der Waals surface area contributed by atoms with E-state index in [0.29, 0.717) is 16.9 Å². The molecule has 0 saturated heterocycles. The zero-order valence-electron chi connectivity index (χ0n) is 12.2. The van der Waals surface area contributed by atoms with E-state index in [9.17, 15) is 18.3 Å². The lowest BCUT2D eigenvalue weighted by atomic mass is 10.1. The second kappa shape index (κ2) is 6.19. The highest BCUT2D eigenvalue weighted by Crippen LogP contribution is 2.31. The average molecular weight is 331 g/mol. The van der Waals surface area contributed by atoms with Crippen LogP contribution < -0.4 is 5.32 Å². The van der Waals surface area contributed by atoms with Crippen LogP contribution in [0.2, 0.25) is 0 Å². The van der Waals surface area contributed by atoms with Gasteiger partial charge in [-0.2, -0.15) is 13.2 Å². The van der Waals surface area contributed by atoms with Gasteiger partial charge in [-0.05, 0) is 42.5 Å². The normalized spacial score (nSPS) is 11.3. The molecule has 0 fully saturated rings. The van der Waals surface area contributed by atoms with Crippen molar-refractivity contribution in [1.29, 1.82) is 0 Å². The number of anilines is 2. The van der Waals surface area contributed by atoms with E-state index < -0.39 is 11.7 Å². The number of phenolic OH excluding ortho intramolecular Hbond substituents is 1. The topological polar surface area (TPSA) is 58.0 Å². The molecule has 2 aromatic carbocycles. The molecule has 0 saturated carbocycles. The molecular weight excluding hydrogens is 319 g/mol. The lowest BCUT2D eigenvalue weighted by Gasteiger charge is -2.09. The SMILES string of the molecule is Oc1ccc(Nc2nccc(-c3cccc(C(F)(F)F)c3)n2)cc1. The standard InChI is InChI=1S/C17H12F3N3O/c18-17(19,20)12-3-1-2-11(10-12)15-8-9-21-16(23-15)22-13-4-6-14(24)7-5-13/h1-10,24H,(H,21,22,23). The maximum atomic E-state index is 12.8. The highest BCUT2D eigenvalue weighted by atomic mass is 19.4. The molecule has 1 aromatic heterocycles. The van der Waals surface area contributed by atoms with Crippen molar-refractivity contribution in [3.63, 3.8) is 0 Å². The summed E-state index contributed by atoms with van der Waals surface area (Å²) in [5, 5.41) is 12.2.